The van der Waals surface area contributed by atoms with Gasteiger partial charge in [0.2, 0.25) is 0 Å². The third-order valence-electron chi connectivity index (χ3n) is 3.26. The molecule has 0 atom stereocenters. The second-order valence-corrected chi connectivity index (χ2v) is 6.17. The van der Waals surface area contributed by atoms with Crippen molar-refractivity contribution >= 4 is 41.7 Å². The molecule has 0 spiro atoms. The van der Waals surface area contributed by atoms with E-state index in [0.29, 0.717) is 18.1 Å². The van der Waals surface area contributed by atoms with Gasteiger partial charge in [-0.1, -0.05) is 36.4 Å². The van der Waals surface area contributed by atoms with Crippen molar-refractivity contribution in [3.63, 3.8) is 0 Å². The highest BCUT2D eigenvalue weighted by atomic mass is 127. The molecule has 2 aromatic carbocycles. The van der Waals surface area contributed by atoms with Gasteiger partial charge in [0.25, 0.3) is 0 Å². The van der Waals surface area contributed by atoms with Crippen LogP contribution in [0.3, 0.4) is 0 Å². The van der Waals surface area contributed by atoms with Crippen molar-refractivity contribution in [1.82, 2.24) is 10.6 Å². The first-order valence-electron chi connectivity index (χ1n) is 7.84. The number of hydrogen-bond donors (Lipinski definition) is 2. The van der Waals surface area contributed by atoms with Gasteiger partial charge in [-0.15, -0.1) is 35.7 Å². The number of thioether (sulfide) groups is 1. The summed E-state index contributed by atoms with van der Waals surface area (Å²) in [5.74, 6) is 1.66. The van der Waals surface area contributed by atoms with E-state index in [2.05, 4.69) is 32.5 Å². The van der Waals surface area contributed by atoms with Gasteiger partial charge < -0.3 is 15.4 Å². The van der Waals surface area contributed by atoms with Crippen LogP contribution in [0.15, 0.2) is 64.5 Å². The number of para-hydroxylation sites is 1. The Morgan fingerprint density at radius 3 is 2.46 bits per heavy atom. The molecule has 2 N–H and O–H groups in total. The first-order chi connectivity index (χ1) is 12.2. The summed E-state index contributed by atoms with van der Waals surface area (Å²) in [4.78, 5) is 5.35. The van der Waals surface area contributed by atoms with Crippen molar-refractivity contribution in [3.05, 3.63) is 60.2 Å². The van der Waals surface area contributed by atoms with E-state index in [4.69, 9.17) is 0 Å². The molecule has 0 aromatic heterocycles. The van der Waals surface area contributed by atoms with Crippen molar-refractivity contribution < 1.29 is 13.5 Å². The van der Waals surface area contributed by atoms with Crippen LogP contribution in [0, 0.1) is 0 Å². The molecule has 0 saturated carbocycles. The molecule has 0 aliphatic heterocycles. The van der Waals surface area contributed by atoms with Gasteiger partial charge >= 0.3 is 6.61 Å². The molecule has 0 heterocycles. The number of hydrogen-bond acceptors (Lipinski definition) is 3. The highest BCUT2D eigenvalue weighted by Gasteiger charge is 2.09. The number of benzene rings is 2. The van der Waals surface area contributed by atoms with Gasteiger partial charge in [-0.05, 0) is 18.2 Å². The van der Waals surface area contributed by atoms with E-state index >= 15 is 0 Å². The largest absolute Gasteiger partial charge is 0.434 e. The third-order valence-corrected chi connectivity index (χ3v) is 4.28. The summed E-state index contributed by atoms with van der Waals surface area (Å²) in [7, 11) is 1.67. The SMILES string of the molecule is CN=C(NCCSc1ccccc1)NCc1ccccc1OC(F)F.I. The quantitative estimate of drug-likeness (QED) is 0.189. The predicted octanol–water partition coefficient (Wildman–Crippen LogP) is 4.36. The summed E-state index contributed by atoms with van der Waals surface area (Å²) in [5, 5.41) is 6.30. The normalized spacial score (nSPS) is 11.0. The minimum Gasteiger partial charge on any atom is -0.434 e. The summed E-state index contributed by atoms with van der Waals surface area (Å²) < 4.78 is 29.4. The summed E-state index contributed by atoms with van der Waals surface area (Å²) in [6.45, 7) is -1.77. The van der Waals surface area contributed by atoms with Crippen molar-refractivity contribution in [3.8, 4) is 5.75 Å². The van der Waals surface area contributed by atoms with E-state index in [1.54, 1.807) is 37.0 Å². The standard InChI is InChI=1S/C18H21F2N3OS.HI/c1-21-18(22-11-12-25-15-8-3-2-4-9-15)23-13-14-7-5-6-10-16(14)24-17(19)20;/h2-10,17H,11-13H2,1H3,(H2,21,22,23);1H. The van der Waals surface area contributed by atoms with Crippen molar-refractivity contribution in [2.75, 3.05) is 19.3 Å². The summed E-state index contributed by atoms with van der Waals surface area (Å²) >= 11 is 1.75. The molecule has 0 fully saturated rings. The van der Waals surface area contributed by atoms with Gasteiger partial charge in [0.1, 0.15) is 5.75 Å². The Kier molecular flexibility index (Phi) is 11.0. The molecule has 0 unspecified atom stereocenters. The van der Waals surface area contributed by atoms with Gasteiger partial charge in [0.05, 0.1) is 0 Å². The zero-order chi connectivity index (χ0) is 17.9. The molecule has 0 amide bonds. The molecule has 8 heteroatoms. The van der Waals surface area contributed by atoms with Crippen LogP contribution < -0.4 is 15.4 Å². The number of aliphatic imine (C=N–C) groups is 1. The highest BCUT2D eigenvalue weighted by Crippen LogP contribution is 2.20. The first kappa shape index (κ1) is 22.5. The number of alkyl halides is 2. The molecular formula is C18H22F2IN3OS. The van der Waals surface area contributed by atoms with Gasteiger partial charge in [-0.3, -0.25) is 4.99 Å². The maximum Gasteiger partial charge on any atom is 0.387 e. The van der Waals surface area contributed by atoms with E-state index in [-0.39, 0.29) is 29.7 Å². The van der Waals surface area contributed by atoms with Gasteiger partial charge in [0.15, 0.2) is 5.96 Å². The zero-order valence-corrected chi connectivity index (χ0v) is 17.5. The predicted molar refractivity (Wildman–Crippen MR) is 114 cm³/mol. The zero-order valence-electron chi connectivity index (χ0n) is 14.3. The van der Waals surface area contributed by atoms with E-state index in [0.717, 1.165) is 12.3 Å². The molecule has 0 aliphatic rings. The Morgan fingerprint density at radius 1 is 1.08 bits per heavy atom. The van der Waals surface area contributed by atoms with Crippen LogP contribution in [0.5, 0.6) is 5.75 Å². The maximum absolute atomic E-state index is 12.4. The molecule has 2 aromatic rings. The lowest BCUT2D eigenvalue weighted by atomic mass is 10.2. The fourth-order valence-corrected chi connectivity index (χ4v) is 2.90. The van der Waals surface area contributed by atoms with Gasteiger partial charge in [-0.2, -0.15) is 8.78 Å². The van der Waals surface area contributed by atoms with E-state index in [1.807, 2.05) is 18.2 Å². The van der Waals surface area contributed by atoms with Crippen molar-refractivity contribution in [2.24, 2.45) is 4.99 Å². The molecule has 4 nitrogen and oxygen atoms in total. The number of ether oxygens (including phenoxy) is 1. The van der Waals surface area contributed by atoms with E-state index in [1.165, 1.54) is 11.0 Å². The summed E-state index contributed by atoms with van der Waals surface area (Å²) in [6.07, 6.45) is 0. The summed E-state index contributed by atoms with van der Waals surface area (Å²) in [6, 6.07) is 16.8. The monoisotopic (exact) mass is 493 g/mol. The Morgan fingerprint density at radius 2 is 1.77 bits per heavy atom. The number of halogens is 3. The van der Waals surface area contributed by atoms with Gasteiger partial charge in [0, 0.05) is 36.3 Å². The highest BCUT2D eigenvalue weighted by molar-refractivity contribution is 14.0. The van der Waals surface area contributed by atoms with E-state index < -0.39 is 6.61 Å². The molecule has 2 rings (SSSR count). The Balaban J connectivity index is 0.00000338. The Labute approximate surface area is 173 Å². The van der Waals surface area contributed by atoms with Crippen LogP contribution in [0.25, 0.3) is 0 Å². The van der Waals surface area contributed by atoms with Crippen LogP contribution in [0.2, 0.25) is 0 Å². The first-order valence-corrected chi connectivity index (χ1v) is 8.82. The summed E-state index contributed by atoms with van der Waals surface area (Å²) in [5.41, 5.74) is 0.643. The van der Waals surface area contributed by atoms with Crippen LogP contribution in [-0.2, 0) is 6.54 Å². The molecule has 0 bridgehead atoms. The van der Waals surface area contributed by atoms with Crippen LogP contribution in [0.1, 0.15) is 5.56 Å². The smallest absolute Gasteiger partial charge is 0.387 e. The Hall–Kier alpha value is -1.55. The fourth-order valence-electron chi connectivity index (χ4n) is 2.12. The molecule has 0 radical (unpaired) electrons. The minimum absolute atomic E-state index is 0. The lowest BCUT2D eigenvalue weighted by Gasteiger charge is -2.14. The third kappa shape index (κ3) is 8.22. The van der Waals surface area contributed by atoms with Gasteiger partial charge in [-0.25, -0.2) is 0 Å². The minimum atomic E-state index is -2.84. The maximum atomic E-state index is 12.4. The van der Waals surface area contributed by atoms with Crippen molar-refractivity contribution in [2.45, 2.75) is 18.1 Å². The van der Waals surface area contributed by atoms with Crippen LogP contribution >= 0.6 is 35.7 Å². The lowest BCUT2D eigenvalue weighted by Crippen LogP contribution is -2.38. The second kappa shape index (κ2) is 12.7. The average molecular weight is 493 g/mol. The number of nitrogens with zero attached hydrogens (tertiary/aromatic N) is 1. The number of nitrogens with one attached hydrogen (secondary N) is 2. The molecule has 0 aliphatic carbocycles. The van der Waals surface area contributed by atoms with E-state index in [9.17, 15) is 8.78 Å². The molecule has 0 saturated heterocycles. The van der Waals surface area contributed by atoms with Crippen molar-refractivity contribution in [1.29, 1.82) is 0 Å². The van der Waals surface area contributed by atoms with Crippen LogP contribution in [-0.4, -0.2) is 31.9 Å². The number of rotatable bonds is 8. The second-order valence-electron chi connectivity index (χ2n) is 5.00. The molecular weight excluding hydrogens is 471 g/mol. The van der Waals surface area contributed by atoms with Crippen LogP contribution in [0.4, 0.5) is 8.78 Å². The average Bonchev–Trinajstić information content (AvgIpc) is 2.62. The lowest BCUT2D eigenvalue weighted by molar-refractivity contribution is -0.0504. The molecule has 142 valence electrons. The topological polar surface area (TPSA) is 45.7 Å². The molecule has 26 heavy (non-hydrogen) atoms. The fraction of sp³-hybridized carbons (Fsp3) is 0.278. The Bertz CT molecular complexity index is 674. The number of guanidine groups is 1.